The van der Waals surface area contributed by atoms with E-state index in [0.29, 0.717) is 0 Å². The van der Waals surface area contributed by atoms with Crippen LogP contribution < -0.4 is 4.90 Å². The third-order valence-corrected chi connectivity index (χ3v) is 10.2. The second-order valence-electron chi connectivity index (χ2n) is 11.8. The molecule has 0 N–H and O–H groups in total. The summed E-state index contributed by atoms with van der Waals surface area (Å²) in [6.07, 6.45) is 0. The molecule has 0 aliphatic carbocycles. The lowest BCUT2D eigenvalue weighted by atomic mass is 9.97. The van der Waals surface area contributed by atoms with Crippen molar-refractivity contribution in [2.24, 2.45) is 0 Å². The first-order chi connectivity index (χ1) is 22.8. The van der Waals surface area contributed by atoms with Gasteiger partial charge in [0.25, 0.3) is 0 Å². The van der Waals surface area contributed by atoms with Gasteiger partial charge < -0.3 is 4.90 Å². The quantitative estimate of drug-likeness (QED) is 0.189. The summed E-state index contributed by atoms with van der Waals surface area (Å²) in [5.41, 5.74) is 8.29. The summed E-state index contributed by atoms with van der Waals surface area (Å²) in [4.78, 5) is 2.40. The maximum absolute atomic E-state index is 2.40. The van der Waals surface area contributed by atoms with Gasteiger partial charge >= 0.3 is 0 Å². The summed E-state index contributed by atoms with van der Waals surface area (Å²) >= 11 is 1.87. The van der Waals surface area contributed by atoms with E-state index < -0.39 is 0 Å². The van der Waals surface area contributed by atoms with Crippen LogP contribution in [0.3, 0.4) is 0 Å². The summed E-state index contributed by atoms with van der Waals surface area (Å²) < 4.78 is 2.64. The largest absolute Gasteiger partial charge is 0.310 e. The predicted molar refractivity (Wildman–Crippen MR) is 200 cm³/mol. The molecule has 0 unspecified atom stereocenters. The van der Waals surface area contributed by atoms with Crippen LogP contribution in [0.4, 0.5) is 17.1 Å². The second kappa shape index (κ2) is 11.0. The van der Waals surface area contributed by atoms with Gasteiger partial charge in [0, 0.05) is 37.2 Å². The summed E-state index contributed by atoms with van der Waals surface area (Å²) in [6, 6.07) is 64.0. The number of benzene rings is 8. The number of rotatable bonds is 5. The standard InChI is InChI=1S/C44H29NS/c1-2-13-32-27-37(26-25-30(32)11-1)45(35-17-7-15-33(28-35)39-21-9-14-31-12-3-4-19-38(31)39)36-18-8-16-34(29-36)40-22-10-24-43-44(40)41-20-5-6-23-42(41)46-43/h1-29H. The van der Waals surface area contributed by atoms with E-state index >= 15 is 0 Å². The van der Waals surface area contributed by atoms with E-state index in [9.17, 15) is 0 Å². The Morgan fingerprint density at radius 1 is 0.348 bits per heavy atom. The van der Waals surface area contributed by atoms with Gasteiger partial charge in [0.05, 0.1) is 0 Å². The SMILES string of the molecule is c1cc(-c2cccc3ccccc23)cc(N(c2cccc(-c3cccc4sc5ccccc5c34)c2)c2ccc3ccccc3c2)c1. The van der Waals surface area contributed by atoms with Crippen LogP contribution in [-0.4, -0.2) is 0 Å². The zero-order valence-corrected chi connectivity index (χ0v) is 25.9. The third kappa shape index (κ3) is 4.54. The highest BCUT2D eigenvalue weighted by Gasteiger charge is 2.17. The molecule has 216 valence electrons. The number of hydrogen-bond donors (Lipinski definition) is 0. The van der Waals surface area contributed by atoms with Gasteiger partial charge in [0.15, 0.2) is 0 Å². The van der Waals surface area contributed by atoms with Crippen LogP contribution in [0.5, 0.6) is 0 Å². The minimum absolute atomic E-state index is 1.12. The summed E-state index contributed by atoms with van der Waals surface area (Å²) in [7, 11) is 0. The zero-order chi connectivity index (χ0) is 30.5. The molecular weight excluding hydrogens is 575 g/mol. The van der Waals surface area contributed by atoms with Gasteiger partial charge in [-0.25, -0.2) is 0 Å². The van der Waals surface area contributed by atoms with E-state index in [1.807, 2.05) is 11.3 Å². The molecular formula is C44H29NS. The minimum atomic E-state index is 1.12. The molecule has 0 spiro atoms. The Hall–Kier alpha value is -5.70. The monoisotopic (exact) mass is 603 g/mol. The Kier molecular flexibility index (Phi) is 6.40. The first kappa shape index (κ1) is 26.7. The predicted octanol–water partition coefficient (Wildman–Crippen LogP) is 13.2. The van der Waals surface area contributed by atoms with E-state index in [0.717, 1.165) is 17.1 Å². The van der Waals surface area contributed by atoms with Gasteiger partial charge in [-0.2, -0.15) is 0 Å². The Labute approximate surface area is 272 Å². The van der Waals surface area contributed by atoms with Crippen LogP contribution in [0.25, 0.3) is 64.0 Å². The smallest absolute Gasteiger partial charge is 0.0468 e. The first-order valence-corrected chi connectivity index (χ1v) is 16.5. The van der Waals surface area contributed by atoms with Crippen molar-refractivity contribution < 1.29 is 0 Å². The molecule has 1 nitrogen and oxygen atoms in total. The molecule has 0 atom stereocenters. The lowest BCUT2D eigenvalue weighted by Gasteiger charge is -2.27. The van der Waals surface area contributed by atoms with Crippen LogP contribution >= 0.6 is 11.3 Å². The fraction of sp³-hybridized carbons (Fsp3) is 0. The number of thiophene rings is 1. The lowest BCUT2D eigenvalue weighted by Crippen LogP contribution is -2.10. The van der Waals surface area contributed by atoms with Gasteiger partial charge in [-0.3, -0.25) is 0 Å². The van der Waals surface area contributed by atoms with Crippen molar-refractivity contribution in [3.8, 4) is 22.3 Å². The van der Waals surface area contributed by atoms with Crippen LogP contribution in [0.15, 0.2) is 176 Å². The second-order valence-corrected chi connectivity index (χ2v) is 12.9. The van der Waals surface area contributed by atoms with Crippen LogP contribution in [-0.2, 0) is 0 Å². The highest BCUT2D eigenvalue weighted by molar-refractivity contribution is 7.25. The molecule has 9 aromatic rings. The number of anilines is 3. The first-order valence-electron chi connectivity index (χ1n) is 15.7. The van der Waals surface area contributed by atoms with Crippen molar-refractivity contribution in [1.82, 2.24) is 0 Å². The Bertz CT molecular complexity index is 2550. The molecule has 0 radical (unpaired) electrons. The molecule has 2 heteroatoms. The third-order valence-electron chi connectivity index (χ3n) is 9.01. The van der Waals surface area contributed by atoms with Crippen molar-refractivity contribution >= 4 is 70.1 Å². The summed E-state index contributed by atoms with van der Waals surface area (Å²) in [5.74, 6) is 0. The number of hydrogen-bond acceptors (Lipinski definition) is 2. The molecule has 0 saturated carbocycles. The zero-order valence-electron chi connectivity index (χ0n) is 25.1. The van der Waals surface area contributed by atoms with Gasteiger partial charge in [-0.05, 0) is 92.3 Å². The van der Waals surface area contributed by atoms with Crippen LogP contribution in [0, 0.1) is 0 Å². The van der Waals surface area contributed by atoms with Crippen LogP contribution in [0.2, 0.25) is 0 Å². The molecule has 0 bridgehead atoms. The molecule has 1 aromatic heterocycles. The van der Waals surface area contributed by atoms with Crippen molar-refractivity contribution in [2.75, 3.05) is 4.90 Å². The van der Waals surface area contributed by atoms with E-state index in [-0.39, 0.29) is 0 Å². The van der Waals surface area contributed by atoms with Crippen molar-refractivity contribution in [2.45, 2.75) is 0 Å². The molecule has 8 aromatic carbocycles. The highest BCUT2D eigenvalue weighted by Crippen LogP contribution is 2.43. The van der Waals surface area contributed by atoms with Crippen molar-refractivity contribution in [3.63, 3.8) is 0 Å². The number of fused-ring (bicyclic) bond motifs is 5. The molecule has 9 rings (SSSR count). The van der Waals surface area contributed by atoms with E-state index in [4.69, 9.17) is 0 Å². The summed E-state index contributed by atoms with van der Waals surface area (Å²) in [6.45, 7) is 0. The average molecular weight is 604 g/mol. The molecule has 0 amide bonds. The molecule has 1 heterocycles. The van der Waals surface area contributed by atoms with E-state index in [1.54, 1.807) is 0 Å². The minimum Gasteiger partial charge on any atom is -0.310 e. The normalized spacial score (nSPS) is 11.5. The van der Waals surface area contributed by atoms with Gasteiger partial charge in [0.2, 0.25) is 0 Å². The Morgan fingerprint density at radius 2 is 0.913 bits per heavy atom. The van der Waals surface area contributed by atoms with Gasteiger partial charge in [-0.15, -0.1) is 11.3 Å². The maximum atomic E-state index is 2.40. The Balaban J connectivity index is 1.24. The fourth-order valence-electron chi connectivity index (χ4n) is 6.88. The van der Waals surface area contributed by atoms with Crippen molar-refractivity contribution in [3.05, 3.63) is 176 Å². The fourth-order valence-corrected chi connectivity index (χ4v) is 8.01. The lowest BCUT2D eigenvalue weighted by molar-refractivity contribution is 1.29. The molecule has 0 saturated heterocycles. The highest BCUT2D eigenvalue weighted by atomic mass is 32.1. The van der Waals surface area contributed by atoms with Crippen molar-refractivity contribution in [1.29, 1.82) is 0 Å². The van der Waals surface area contributed by atoms with Gasteiger partial charge in [-0.1, -0.05) is 127 Å². The topological polar surface area (TPSA) is 3.24 Å². The summed E-state index contributed by atoms with van der Waals surface area (Å²) in [5, 5.41) is 7.62. The molecule has 0 fully saturated rings. The number of nitrogens with zero attached hydrogens (tertiary/aromatic N) is 1. The van der Waals surface area contributed by atoms with Crippen LogP contribution in [0.1, 0.15) is 0 Å². The van der Waals surface area contributed by atoms with E-state index in [1.165, 1.54) is 64.0 Å². The molecule has 46 heavy (non-hydrogen) atoms. The maximum Gasteiger partial charge on any atom is 0.0468 e. The average Bonchev–Trinajstić information content (AvgIpc) is 3.51. The molecule has 0 aliphatic rings. The Morgan fingerprint density at radius 3 is 1.74 bits per heavy atom. The van der Waals surface area contributed by atoms with Gasteiger partial charge in [0.1, 0.15) is 0 Å². The van der Waals surface area contributed by atoms with E-state index in [2.05, 4.69) is 181 Å². The molecule has 0 aliphatic heterocycles.